The number of nitrogens with two attached hydrogens (primary N) is 1. The molecule has 0 aliphatic heterocycles. The number of carbonyl (C=O) groups is 1. The van der Waals surface area contributed by atoms with Crippen LogP contribution >= 0.6 is 0 Å². The van der Waals surface area contributed by atoms with Crippen LogP contribution in [-0.2, 0) is 17.6 Å². The summed E-state index contributed by atoms with van der Waals surface area (Å²) in [5.41, 5.74) is 11.8. The molecule has 0 spiro atoms. The molecule has 8 nitrogen and oxygen atoms in total. The van der Waals surface area contributed by atoms with Gasteiger partial charge in [0.2, 0.25) is 0 Å². The molecule has 1 amide bonds. The molecule has 5 aromatic rings. The molecule has 0 unspecified atom stereocenters. The van der Waals surface area contributed by atoms with Crippen molar-refractivity contribution in [3.63, 3.8) is 0 Å². The lowest BCUT2D eigenvalue weighted by Crippen LogP contribution is -2.33. The maximum atomic E-state index is 11.8. The number of aryl methyl sites for hydroxylation is 2. The van der Waals surface area contributed by atoms with Crippen LogP contribution < -0.4 is 11.1 Å². The Bertz CT molecular complexity index is 1800. The monoisotopic (exact) mass is 604 g/mol. The Balaban J connectivity index is 1.24. The van der Waals surface area contributed by atoms with Crippen LogP contribution in [0, 0.1) is 0 Å². The first kappa shape index (κ1) is 31.7. The van der Waals surface area contributed by atoms with E-state index in [1.54, 1.807) is 0 Å². The number of alkyl carbamates (subject to hydrolysis) is 1. The molecule has 0 saturated heterocycles. The minimum Gasteiger partial charge on any atom is -0.444 e. The lowest BCUT2D eigenvalue weighted by molar-refractivity contribution is 0.0527. The summed E-state index contributed by atoms with van der Waals surface area (Å²) < 4.78 is 5.28. The number of unbranched alkanes of at least 4 members (excludes halogenated alkanes) is 2. The number of nitrogens with zero attached hydrogens (tertiary/aromatic N) is 2. The second-order valence-electron chi connectivity index (χ2n) is 12.3. The molecule has 0 aliphatic rings. The van der Waals surface area contributed by atoms with Crippen molar-refractivity contribution in [2.45, 2.75) is 64.9 Å². The van der Waals surface area contributed by atoms with Gasteiger partial charge in [0.05, 0.1) is 11.0 Å². The quantitative estimate of drug-likeness (QED) is 0.114. The van der Waals surface area contributed by atoms with Crippen LogP contribution in [0.3, 0.4) is 0 Å². The first-order valence-corrected chi connectivity index (χ1v) is 15.8. The van der Waals surface area contributed by atoms with Crippen molar-refractivity contribution in [3.05, 3.63) is 96.8 Å². The summed E-state index contributed by atoms with van der Waals surface area (Å²) in [7, 11) is 0. The molecule has 5 N–H and O–H groups in total. The SMILES string of the molecule is CC(C)(C)OC(=O)NCCCCc1ncccc(-c2ccc3cc(-c4ccc5nc(CCCCN)[nH]c5c4)ccc3c2)cc[nH]1. The largest absolute Gasteiger partial charge is 0.444 e. The minimum absolute atomic E-state index is 0.380. The second-order valence-corrected chi connectivity index (χ2v) is 12.3. The number of fused-ring (bicyclic) bond motifs is 2. The Morgan fingerprint density at radius 3 is 2.27 bits per heavy atom. The van der Waals surface area contributed by atoms with Crippen molar-refractivity contribution in [3.8, 4) is 22.3 Å². The van der Waals surface area contributed by atoms with Gasteiger partial charge in [0.1, 0.15) is 17.2 Å². The fraction of sp³-hybridized carbons (Fsp3) is 0.324. The lowest BCUT2D eigenvalue weighted by Gasteiger charge is -2.19. The van der Waals surface area contributed by atoms with Crippen LogP contribution in [0.2, 0.25) is 0 Å². The average Bonchev–Trinajstić information content (AvgIpc) is 3.46. The summed E-state index contributed by atoms with van der Waals surface area (Å²) >= 11 is 0. The van der Waals surface area contributed by atoms with Crippen LogP contribution in [0.4, 0.5) is 4.79 Å². The minimum atomic E-state index is -0.491. The van der Waals surface area contributed by atoms with E-state index in [0.717, 1.165) is 72.3 Å². The lowest BCUT2D eigenvalue weighted by atomic mass is 9.98. The molecule has 0 saturated carbocycles. The zero-order valence-electron chi connectivity index (χ0n) is 26.5. The highest BCUT2D eigenvalue weighted by Crippen LogP contribution is 2.29. The number of amides is 1. The van der Waals surface area contributed by atoms with E-state index in [4.69, 9.17) is 15.5 Å². The van der Waals surface area contributed by atoms with Crippen molar-refractivity contribution in [2.75, 3.05) is 13.1 Å². The zero-order chi connectivity index (χ0) is 31.6. The highest BCUT2D eigenvalue weighted by atomic mass is 16.6. The fourth-order valence-corrected chi connectivity index (χ4v) is 5.25. The molecular formula is C37H44N6O2. The third-order valence-electron chi connectivity index (χ3n) is 7.52. The van der Waals surface area contributed by atoms with Crippen LogP contribution in [-0.4, -0.2) is 44.7 Å². The number of aromatic nitrogens is 4. The van der Waals surface area contributed by atoms with Crippen molar-refractivity contribution in [1.82, 2.24) is 25.3 Å². The van der Waals surface area contributed by atoms with Gasteiger partial charge in [-0.15, -0.1) is 0 Å². The number of ether oxygens (including phenoxy) is 1. The van der Waals surface area contributed by atoms with E-state index >= 15 is 0 Å². The summed E-state index contributed by atoms with van der Waals surface area (Å²) in [4.78, 5) is 28.0. The molecule has 0 aliphatic carbocycles. The maximum absolute atomic E-state index is 11.8. The Labute approximate surface area is 265 Å². The zero-order valence-corrected chi connectivity index (χ0v) is 26.5. The summed E-state index contributed by atoms with van der Waals surface area (Å²) in [6, 6.07) is 25.8. The number of hydrogen-bond donors (Lipinski definition) is 4. The Hall–Kier alpha value is -4.69. The normalized spacial score (nSPS) is 11.5. The summed E-state index contributed by atoms with van der Waals surface area (Å²) in [5, 5.41) is 5.18. The van der Waals surface area contributed by atoms with Crippen molar-refractivity contribution in [2.24, 2.45) is 5.73 Å². The van der Waals surface area contributed by atoms with Gasteiger partial charge >= 0.3 is 6.09 Å². The Morgan fingerprint density at radius 2 is 1.51 bits per heavy atom. The molecule has 0 fully saturated rings. The van der Waals surface area contributed by atoms with E-state index in [2.05, 4.69) is 87.0 Å². The number of benzene rings is 3. The topological polar surface area (TPSA) is 122 Å². The second kappa shape index (κ2) is 14.9. The summed E-state index contributed by atoms with van der Waals surface area (Å²) in [5.74, 6) is 1.91. The summed E-state index contributed by atoms with van der Waals surface area (Å²) in [6.45, 7) is 6.86. The predicted molar refractivity (Wildman–Crippen MR) is 183 cm³/mol. The third kappa shape index (κ3) is 9.16. The third-order valence-corrected chi connectivity index (χ3v) is 7.52. The average molecular weight is 605 g/mol. The van der Waals surface area contributed by atoms with Gasteiger partial charge in [-0.2, -0.15) is 0 Å². The van der Waals surface area contributed by atoms with Crippen molar-refractivity contribution >= 4 is 27.9 Å². The Morgan fingerprint density at radius 1 is 0.822 bits per heavy atom. The fourth-order valence-electron chi connectivity index (χ4n) is 5.25. The maximum Gasteiger partial charge on any atom is 0.407 e. The van der Waals surface area contributed by atoms with Crippen LogP contribution in [0.25, 0.3) is 44.1 Å². The molecule has 0 atom stereocenters. The highest BCUT2D eigenvalue weighted by Gasteiger charge is 2.15. The summed E-state index contributed by atoms with van der Waals surface area (Å²) in [6.07, 6.45) is 8.87. The molecule has 0 radical (unpaired) electrons. The van der Waals surface area contributed by atoms with E-state index in [-0.39, 0.29) is 6.09 Å². The van der Waals surface area contributed by atoms with Gasteiger partial charge in [-0.3, -0.25) is 0 Å². The van der Waals surface area contributed by atoms with E-state index in [1.165, 1.54) is 21.9 Å². The molecule has 2 heterocycles. The molecule has 234 valence electrons. The van der Waals surface area contributed by atoms with Crippen LogP contribution in [0.15, 0.2) is 85.2 Å². The van der Waals surface area contributed by atoms with E-state index < -0.39 is 5.60 Å². The smallest absolute Gasteiger partial charge is 0.407 e. The van der Waals surface area contributed by atoms with E-state index in [9.17, 15) is 4.79 Å². The first-order chi connectivity index (χ1) is 21.8. The van der Waals surface area contributed by atoms with Crippen molar-refractivity contribution < 1.29 is 9.53 Å². The molecule has 2 aromatic heterocycles. The molecule has 8 heteroatoms. The molecule has 5 rings (SSSR count). The van der Waals surface area contributed by atoms with Gasteiger partial charge in [0.25, 0.3) is 0 Å². The highest BCUT2D eigenvalue weighted by molar-refractivity contribution is 5.92. The van der Waals surface area contributed by atoms with E-state index in [1.807, 2.05) is 39.2 Å². The van der Waals surface area contributed by atoms with Crippen LogP contribution in [0.5, 0.6) is 0 Å². The number of rotatable bonds is 11. The standard InChI is InChI=1S/C37H44N6O2/c1-37(2,3)45-36(44)41-20-7-5-10-34-39-21-8-9-26(18-22-40-34)27-12-13-29-24-30(15-14-28(29)23-27)31-16-17-32-33(25-31)43-35(42-32)11-4-6-19-38/h8-9,12-18,21-25H,4-7,10-11,19-20,38H2,1-3H3,(H,39,40)(H,41,44)(H,42,43). The number of nitrogens with one attached hydrogen (secondary N) is 3. The van der Waals surface area contributed by atoms with Gasteiger partial charge in [-0.05, 0) is 122 Å². The molecule has 45 heavy (non-hydrogen) atoms. The van der Waals surface area contributed by atoms with Gasteiger partial charge in [-0.1, -0.05) is 36.4 Å². The van der Waals surface area contributed by atoms with Crippen molar-refractivity contribution in [1.29, 1.82) is 0 Å². The first-order valence-electron chi connectivity index (χ1n) is 15.8. The number of carbonyl (C=O) groups excluding carboxylic acids is 1. The Kier molecular flexibility index (Phi) is 10.5. The number of aromatic amines is 2. The number of hydrogen-bond acceptors (Lipinski definition) is 5. The van der Waals surface area contributed by atoms with Gasteiger partial charge in [0, 0.05) is 31.8 Å². The van der Waals surface area contributed by atoms with Crippen LogP contribution in [0.1, 0.15) is 58.1 Å². The number of H-pyrrole nitrogens is 2. The number of imidazole rings is 1. The van der Waals surface area contributed by atoms with Gasteiger partial charge < -0.3 is 25.8 Å². The molecule has 3 aromatic carbocycles. The molecular weight excluding hydrogens is 560 g/mol. The predicted octanol–water partition coefficient (Wildman–Crippen LogP) is 8.03. The van der Waals surface area contributed by atoms with E-state index in [0.29, 0.717) is 13.1 Å². The molecule has 0 bridgehead atoms. The van der Waals surface area contributed by atoms with Gasteiger partial charge in [-0.25, -0.2) is 14.8 Å². The van der Waals surface area contributed by atoms with Gasteiger partial charge in [0.15, 0.2) is 0 Å².